The molecule has 0 bridgehead atoms. The Labute approximate surface area is 125 Å². The Morgan fingerprint density at radius 1 is 1.33 bits per heavy atom. The second-order valence-corrected chi connectivity index (χ2v) is 5.27. The average Bonchev–Trinajstić information content (AvgIpc) is 2.45. The lowest BCUT2D eigenvalue weighted by Crippen LogP contribution is -2.27. The normalized spacial score (nSPS) is 11.9. The van der Waals surface area contributed by atoms with Crippen LogP contribution in [0.25, 0.3) is 0 Å². The Bertz CT molecular complexity index is 474. The first-order valence-electron chi connectivity index (χ1n) is 7.46. The number of nitrogens with one attached hydrogen (secondary N) is 1. The number of aliphatic carboxylic acids is 1. The number of pyridine rings is 1. The molecule has 2 N–H and O–H groups in total. The van der Waals surface area contributed by atoms with E-state index >= 15 is 0 Å². The predicted octanol–water partition coefficient (Wildman–Crippen LogP) is 2.79. The summed E-state index contributed by atoms with van der Waals surface area (Å²) in [6, 6.07) is 3.50. The third-order valence-corrected chi connectivity index (χ3v) is 3.55. The molecule has 21 heavy (non-hydrogen) atoms. The maximum absolute atomic E-state index is 12.0. The van der Waals surface area contributed by atoms with Gasteiger partial charge in [-0.3, -0.25) is 14.6 Å². The Balaban J connectivity index is 2.41. The van der Waals surface area contributed by atoms with Crippen molar-refractivity contribution < 1.29 is 14.7 Å². The van der Waals surface area contributed by atoms with Crippen molar-refractivity contribution >= 4 is 11.9 Å². The highest BCUT2D eigenvalue weighted by Crippen LogP contribution is 2.17. The number of carboxylic acid groups (broad SMARTS) is 1. The number of aromatic nitrogens is 1. The number of aryl methyl sites for hydroxylation is 1. The Morgan fingerprint density at radius 2 is 2.10 bits per heavy atom. The van der Waals surface area contributed by atoms with Crippen molar-refractivity contribution in [2.45, 2.75) is 46.0 Å². The van der Waals surface area contributed by atoms with E-state index in [-0.39, 0.29) is 12.3 Å². The summed E-state index contributed by atoms with van der Waals surface area (Å²) < 4.78 is 0. The van der Waals surface area contributed by atoms with Gasteiger partial charge in [0, 0.05) is 24.9 Å². The standard InChI is InChI=1S/C16H24N2O3/c1-3-5-13(7-8-15(19)20)9-11-18-16(21)14-6-4-10-17-12(14)2/h4,6,10,13H,3,5,7-9,11H2,1-2H3,(H,18,21)(H,19,20). The lowest BCUT2D eigenvalue weighted by atomic mass is 9.94. The molecule has 0 spiro atoms. The second-order valence-electron chi connectivity index (χ2n) is 5.27. The minimum Gasteiger partial charge on any atom is -0.481 e. The molecule has 0 aliphatic heterocycles. The molecule has 1 unspecified atom stereocenters. The van der Waals surface area contributed by atoms with E-state index in [0.29, 0.717) is 30.1 Å². The molecule has 1 amide bonds. The minimum absolute atomic E-state index is 0.117. The highest BCUT2D eigenvalue weighted by Gasteiger charge is 2.12. The zero-order chi connectivity index (χ0) is 15.7. The molecule has 1 rings (SSSR count). The lowest BCUT2D eigenvalue weighted by molar-refractivity contribution is -0.137. The fourth-order valence-electron chi connectivity index (χ4n) is 2.38. The Kier molecular flexibility index (Phi) is 7.43. The Morgan fingerprint density at radius 3 is 2.71 bits per heavy atom. The molecule has 1 atom stereocenters. The van der Waals surface area contributed by atoms with E-state index in [1.807, 2.05) is 6.92 Å². The van der Waals surface area contributed by atoms with Crippen LogP contribution in [-0.4, -0.2) is 28.5 Å². The summed E-state index contributed by atoms with van der Waals surface area (Å²) in [5, 5.41) is 11.6. The van der Waals surface area contributed by atoms with Crippen molar-refractivity contribution in [3.8, 4) is 0 Å². The third-order valence-electron chi connectivity index (χ3n) is 3.55. The molecule has 0 saturated carbocycles. The molecule has 0 saturated heterocycles. The van der Waals surface area contributed by atoms with Crippen LogP contribution in [0.4, 0.5) is 0 Å². The van der Waals surface area contributed by atoms with Crippen LogP contribution in [0.3, 0.4) is 0 Å². The zero-order valence-corrected chi connectivity index (χ0v) is 12.8. The molecule has 0 radical (unpaired) electrons. The summed E-state index contributed by atoms with van der Waals surface area (Å²) in [4.78, 5) is 26.8. The fourth-order valence-corrected chi connectivity index (χ4v) is 2.38. The number of nitrogens with zero attached hydrogens (tertiary/aromatic N) is 1. The van der Waals surface area contributed by atoms with Crippen molar-refractivity contribution in [3.63, 3.8) is 0 Å². The number of amides is 1. The van der Waals surface area contributed by atoms with Crippen LogP contribution in [-0.2, 0) is 4.79 Å². The molecule has 0 fully saturated rings. The van der Waals surface area contributed by atoms with Gasteiger partial charge in [0.1, 0.15) is 0 Å². The van der Waals surface area contributed by atoms with E-state index < -0.39 is 5.97 Å². The molecule has 5 nitrogen and oxygen atoms in total. The van der Waals surface area contributed by atoms with Crippen LogP contribution >= 0.6 is 0 Å². The minimum atomic E-state index is -0.758. The van der Waals surface area contributed by atoms with E-state index in [0.717, 1.165) is 19.3 Å². The van der Waals surface area contributed by atoms with Gasteiger partial charge in [0.15, 0.2) is 0 Å². The number of hydrogen-bond acceptors (Lipinski definition) is 3. The van der Waals surface area contributed by atoms with Gasteiger partial charge >= 0.3 is 5.97 Å². The van der Waals surface area contributed by atoms with Crippen molar-refractivity contribution in [1.29, 1.82) is 0 Å². The largest absolute Gasteiger partial charge is 0.481 e. The summed E-state index contributed by atoms with van der Waals surface area (Å²) in [7, 11) is 0. The molecule has 116 valence electrons. The predicted molar refractivity (Wildman–Crippen MR) is 81.2 cm³/mol. The van der Waals surface area contributed by atoms with Gasteiger partial charge in [-0.2, -0.15) is 0 Å². The fraction of sp³-hybridized carbons (Fsp3) is 0.562. The van der Waals surface area contributed by atoms with Crippen LogP contribution in [0.15, 0.2) is 18.3 Å². The summed E-state index contributed by atoms with van der Waals surface area (Å²) >= 11 is 0. The van der Waals surface area contributed by atoms with Crippen LogP contribution in [0.1, 0.15) is 55.1 Å². The van der Waals surface area contributed by atoms with Crippen molar-refractivity contribution in [2.24, 2.45) is 5.92 Å². The van der Waals surface area contributed by atoms with Gasteiger partial charge in [-0.05, 0) is 37.8 Å². The molecule has 0 aliphatic rings. The smallest absolute Gasteiger partial charge is 0.303 e. The molecular formula is C16H24N2O3. The number of rotatable bonds is 9. The van der Waals surface area contributed by atoms with Crippen molar-refractivity contribution in [3.05, 3.63) is 29.6 Å². The summed E-state index contributed by atoms with van der Waals surface area (Å²) in [5.74, 6) is -0.526. The Hall–Kier alpha value is -1.91. The van der Waals surface area contributed by atoms with Crippen LogP contribution in [0.2, 0.25) is 0 Å². The molecule has 1 aromatic heterocycles. The van der Waals surface area contributed by atoms with Crippen molar-refractivity contribution in [1.82, 2.24) is 10.3 Å². The topological polar surface area (TPSA) is 79.3 Å². The van der Waals surface area contributed by atoms with Gasteiger partial charge in [-0.25, -0.2) is 0 Å². The first-order chi connectivity index (χ1) is 10.0. The van der Waals surface area contributed by atoms with Crippen LogP contribution in [0, 0.1) is 12.8 Å². The molecule has 1 heterocycles. The van der Waals surface area contributed by atoms with Gasteiger partial charge in [-0.1, -0.05) is 19.8 Å². The maximum Gasteiger partial charge on any atom is 0.303 e. The quantitative estimate of drug-likeness (QED) is 0.733. The third kappa shape index (κ3) is 6.38. The molecule has 0 aromatic carbocycles. The van der Waals surface area contributed by atoms with E-state index in [1.54, 1.807) is 18.3 Å². The van der Waals surface area contributed by atoms with E-state index in [9.17, 15) is 9.59 Å². The summed E-state index contributed by atoms with van der Waals surface area (Å²) in [5.41, 5.74) is 1.31. The SMILES string of the molecule is CCCC(CCNC(=O)c1cccnc1C)CCC(=O)O. The highest BCUT2D eigenvalue weighted by atomic mass is 16.4. The summed E-state index contributed by atoms with van der Waals surface area (Å²) in [6.45, 7) is 4.46. The molecule has 1 aromatic rings. The van der Waals surface area contributed by atoms with Crippen LogP contribution in [0.5, 0.6) is 0 Å². The maximum atomic E-state index is 12.0. The number of carbonyl (C=O) groups excluding carboxylic acids is 1. The van der Waals surface area contributed by atoms with Crippen molar-refractivity contribution in [2.75, 3.05) is 6.54 Å². The average molecular weight is 292 g/mol. The number of carbonyl (C=O) groups is 2. The van der Waals surface area contributed by atoms with E-state index in [1.165, 1.54) is 0 Å². The second kappa shape index (κ2) is 9.10. The molecule has 0 aliphatic carbocycles. The van der Waals surface area contributed by atoms with Gasteiger partial charge in [-0.15, -0.1) is 0 Å². The lowest BCUT2D eigenvalue weighted by Gasteiger charge is -2.15. The van der Waals surface area contributed by atoms with Gasteiger partial charge in [0.25, 0.3) is 5.91 Å². The zero-order valence-electron chi connectivity index (χ0n) is 12.8. The van der Waals surface area contributed by atoms with Gasteiger partial charge < -0.3 is 10.4 Å². The highest BCUT2D eigenvalue weighted by molar-refractivity contribution is 5.95. The summed E-state index contributed by atoms with van der Waals surface area (Å²) in [6.07, 6.45) is 5.36. The molecule has 5 heteroatoms. The van der Waals surface area contributed by atoms with Gasteiger partial charge in [0.2, 0.25) is 0 Å². The molecular weight excluding hydrogens is 268 g/mol. The van der Waals surface area contributed by atoms with E-state index in [2.05, 4.69) is 17.2 Å². The number of hydrogen-bond donors (Lipinski definition) is 2. The first kappa shape index (κ1) is 17.1. The first-order valence-corrected chi connectivity index (χ1v) is 7.46. The number of carboxylic acids is 1. The van der Waals surface area contributed by atoms with Gasteiger partial charge in [0.05, 0.1) is 5.56 Å². The van der Waals surface area contributed by atoms with Crippen LogP contribution < -0.4 is 5.32 Å². The monoisotopic (exact) mass is 292 g/mol. The van der Waals surface area contributed by atoms with E-state index in [4.69, 9.17) is 5.11 Å².